The van der Waals surface area contributed by atoms with Crippen molar-refractivity contribution < 1.29 is 5.11 Å². The molecule has 0 bridgehead atoms. The quantitative estimate of drug-likeness (QED) is 0.399. The number of rotatable bonds is 7. The first-order valence-corrected chi connectivity index (χ1v) is 11.4. The lowest BCUT2D eigenvalue weighted by molar-refractivity contribution is 0.271. The minimum absolute atomic E-state index is 0.220. The molecule has 0 amide bonds. The molecule has 3 aromatic heterocycles. The Morgan fingerprint density at radius 1 is 1.25 bits per heavy atom. The van der Waals surface area contributed by atoms with Crippen LogP contribution < -0.4 is 21.8 Å². The molecule has 32 heavy (non-hydrogen) atoms. The van der Waals surface area contributed by atoms with Gasteiger partial charge in [0.2, 0.25) is 11.8 Å². The van der Waals surface area contributed by atoms with E-state index in [1.165, 1.54) is 38.8 Å². The summed E-state index contributed by atoms with van der Waals surface area (Å²) in [6.07, 6.45) is 10.5. The van der Waals surface area contributed by atoms with E-state index in [9.17, 15) is 9.90 Å². The fourth-order valence-electron chi connectivity index (χ4n) is 4.41. The van der Waals surface area contributed by atoms with Crippen LogP contribution in [-0.2, 0) is 0 Å². The van der Waals surface area contributed by atoms with Crippen LogP contribution in [0.15, 0.2) is 16.0 Å². The Hall–Kier alpha value is -3.21. The van der Waals surface area contributed by atoms with Crippen molar-refractivity contribution in [3.05, 3.63) is 33.2 Å². The number of imidazole rings is 1. The molecule has 1 saturated heterocycles. The van der Waals surface area contributed by atoms with Gasteiger partial charge in [-0.1, -0.05) is 0 Å². The number of aromatic nitrogens is 6. The highest BCUT2D eigenvalue weighted by Crippen LogP contribution is 2.46. The molecule has 0 radical (unpaired) electrons. The van der Waals surface area contributed by atoms with Crippen LogP contribution in [0.4, 0.5) is 5.95 Å². The van der Waals surface area contributed by atoms with Crippen molar-refractivity contribution in [2.75, 3.05) is 31.5 Å². The molecule has 11 nitrogen and oxygen atoms in total. The molecule has 168 valence electrons. The number of anilines is 1. The lowest BCUT2D eigenvalue weighted by Crippen LogP contribution is -2.33. The number of aromatic amines is 2. The largest absolute Gasteiger partial charge is 0.493 e. The van der Waals surface area contributed by atoms with Crippen LogP contribution >= 0.6 is 0 Å². The first-order chi connectivity index (χ1) is 15.6. The van der Waals surface area contributed by atoms with Crippen LogP contribution in [0.2, 0.25) is 0 Å². The highest BCUT2D eigenvalue weighted by Gasteiger charge is 2.44. The van der Waals surface area contributed by atoms with Crippen molar-refractivity contribution >= 4 is 17.7 Å². The van der Waals surface area contributed by atoms with E-state index in [1.54, 1.807) is 16.8 Å². The van der Waals surface area contributed by atoms with E-state index < -0.39 is 5.69 Å². The van der Waals surface area contributed by atoms with Gasteiger partial charge in [0, 0.05) is 23.7 Å². The molecule has 3 aromatic rings. The first kappa shape index (κ1) is 19.5. The van der Waals surface area contributed by atoms with Gasteiger partial charge >= 0.3 is 5.69 Å². The molecule has 0 unspecified atom stereocenters. The minimum atomic E-state index is -0.473. The summed E-state index contributed by atoms with van der Waals surface area (Å²) in [5.41, 5.74) is 1.21. The van der Waals surface area contributed by atoms with Gasteiger partial charge in [-0.05, 0) is 57.7 Å². The number of nitrogens with zero attached hydrogens (tertiary/aromatic N) is 6. The number of likely N-dealkylation sites (tertiary alicyclic amines) is 1. The molecule has 2 saturated carbocycles. The fraction of sp³-hybridized carbons (Fsp3) is 0.571. The van der Waals surface area contributed by atoms with Crippen LogP contribution in [0.1, 0.15) is 44.2 Å². The van der Waals surface area contributed by atoms with Crippen molar-refractivity contribution in [3.8, 4) is 5.88 Å². The lowest BCUT2D eigenvalue weighted by atomic mass is 10.1. The van der Waals surface area contributed by atoms with Gasteiger partial charge in [0.05, 0.1) is 12.2 Å². The Morgan fingerprint density at radius 3 is 2.75 bits per heavy atom. The number of H-pyrrole nitrogens is 2. The monoisotopic (exact) mass is 437 g/mol. The van der Waals surface area contributed by atoms with E-state index in [0.29, 0.717) is 27.8 Å². The third-order valence-electron chi connectivity index (χ3n) is 6.59. The maximum absolute atomic E-state index is 11.5. The Kier molecular flexibility index (Phi) is 4.53. The highest BCUT2D eigenvalue weighted by atomic mass is 16.3. The Bertz CT molecular complexity index is 1320. The summed E-state index contributed by atoms with van der Waals surface area (Å²) in [6.45, 7) is 4.38. The van der Waals surface area contributed by atoms with E-state index in [2.05, 4.69) is 30.3 Å². The Morgan fingerprint density at radius 2 is 2.06 bits per heavy atom. The number of hydrogen-bond acceptors (Lipinski definition) is 8. The fourth-order valence-corrected chi connectivity index (χ4v) is 4.41. The maximum Gasteiger partial charge on any atom is 0.326 e. The van der Waals surface area contributed by atoms with Crippen LogP contribution in [0.5, 0.6) is 5.88 Å². The summed E-state index contributed by atoms with van der Waals surface area (Å²) in [5, 5.41) is 18.5. The van der Waals surface area contributed by atoms with Crippen molar-refractivity contribution in [2.45, 2.75) is 44.6 Å². The number of nitrogens with one attached hydrogen (secondary N) is 3. The van der Waals surface area contributed by atoms with Crippen molar-refractivity contribution in [3.63, 3.8) is 0 Å². The van der Waals surface area contributed by atoms with Crippen LogP contribution in [0, 0.1) is 5.41 Å². The lowest BCUT2D eigenvalue weighted by Gasteiger charge is -2.23. The van der Waals surface area contributed by atoms with Gasteiger partial charge in [-0.25, -0.2) is 9.79 Å². The summed E-state index contributed by atoms with van der Waals surface area (Å²) in [6, 6.07) is 0.285. The molecule has 3 aliphatic rings. The third-order valence-corrected chi connectivity index (χ3v) is 6.59. The van der Waals surface area contributed by atoms with Gasteiger partial charge in [-0.15, -0.1) is 0 Å². The average Bonchev–Trinajstić information content (AvgIpc) is 3.59. The molecule has 4 N–H and O–H groups in total. The number of hydrogen-bond donors (Lipinski definition) is 4. The molecule has 0 atom stereocenters. The van der Waals surface area contributed by atoms with Gasteiger partial charge < -0.3 is 20.3 Å². The molecule has 0 aromatic carbocycles. The van der Waals surface area contributed by atoms with E-state index in [-0.39, 0.29) is 17.6 Å². The molecule has 3 fully saturated rings. The van der Waals surface area contributed by atoms with Gasteiger partial charge in [-0.3, -0.25) is 4.98 Å². The number of fused-ring (bicyclic) bond motifs is 1. The zero-order valence-electron chi connectivity index (χ0n) is 17.8. The topological polar surface area (TPSA) is 140 Å². The van der Waals surface area contributed by atoms with Crippen LogP contribution in [0.3, 0.4) is 0 Å². The van der Waals surface area contributed by atoms with E-state index in [1.807, 2.05) is 0 Å². The summed E-state index contributed by atoms with van der Waals surface area (Å²) >= 11 is 0. The zero-order chi connectivity index (χ0) is 21.7. The van der Waals surface area contributed by atoms with Gasteiger partial charge in [0.25, 0.3) is 5.62 Å². The van der Waals surface area contributed by atoms with Gasteiger partial charge in [-0.2, -0.15) is 19.6 Å². The average molecular weight is 438 g/mol. The van der Waals surface area contributed by atoms with Crippen molar-refractivity contribution in [2.24, 2.45) is 10.4 Å². The van der Waals surface area contributed by atoms with Crippen LogP contribution in [-0.4, -0.2) is 71.8 Å². The molecule has 6 rings (SSSR count). The Labute approximate surface area is 183 Å². The standard InChI is InChI=1S/C21H27N9O2/c31-17-15(25-20(32)27-17)9-13-10-23-30-16(13)26-18(28-19(30)24-14-3-4-14)22-11-21(5-6-21)12-29-7-1-2-8-29/h9-10,14,31H,1-8,11-12H2,(H,22,24,28)(H2,25,27,32). The van der Waals surface area contributed by atoms with E-state index in [0.717, 1.165) is 25.9 Å². The molecule has 11 heteroatoms. The smallest absolute Gasteiger partial charge is 0.326 e. The molecule has 0 spiro atoms. The SMILES string of the molecule is O=c1[nH]c(O)c(C=c2cnn3c(=NC4CC4)nc(NCC4(CN5CCCC5)CC4)nc23)[nH]1. The van der Waals surface area contributed by atoms with E-state index >= 15 is 0 Å². The molecular weight excluding hydrogens is 410 g/mol. The second-order valence-corrected chi connectivity index (χ2v) is 9.37. The van der Waals surface area contributed by atoms with Crippen LogP contribution in [0.25, 0.3) is 11.7 Å². The molecule has 4 heterocycles. The van der Waals surface area contributed by atoms with Crippen molar-refractivity contribution in [1.82, 2.24) is 34.4 Å². The van der Waals surface area contributed by atoms with Crippen molar-refractivity contribution in [1.29, 1.82) is 0 Å². The second kappa shape index (κ2) is 7.44. The zero-order valence-corrected chi connectivity index (χ0v) is 17.8. The molecule has 1 aliphatic heterocycles. The summed E-state index contributed by atoms with van der Waals surface area (Å²) in [5.74, 6) is 0.314. The number of aromatic hydroxyl groups is 1. The molecular formula is C21H27N9O2. The third kappa shape index (κ3) is 3.88. The minimum Gasteiger partial charge on any atom is -0.493 e. The predicted octanol–water partition coefficient (Wildman–Crippen LogP) is -0.255. The second-order valence-electron chi connectivity index (χ2n) is 9.37. The molecule has 2 aliphatic carbocycles. The summed E-state index contributed by atoms with van der Waals surface area (Å²) in [4.78, 5) is 33.0. The Balaban J connectivity index is 1.34. The summed E-state index contributed by atoms with van der Waals surface area (Å²) < 4.78 is 1.62. The van der Waals surface area contributed by atoms with E-state index in [4.69, 9.17) is 9.98 Å². The van der Waals surface area contributed by atoms with Gasteiger partial charge in [0.1, 0.15) is 5.69 Å². The predicted molar refractivity (Wildman–Crippen MR) is 117 cm³/mol. The maximum atomic E-state index is 11.5. The normalized spacial score (nSPS) is 21.6. The first-order valence-electron chi connectivity index (χ1n) is 11.4. The summed E-state index contributed by atoms with van der Waals surface area (Å²) in [7, 11) is 0. The highest BCUT2D eigenvalue weighted by molar-refractivity contribution is 5.57. The van der Waals surface area contributed by atoms with Gasteiger partial charge in [0.15, 0.2) is 5.65 Å².